The quantitative estimate of drug-likeness (QED) is 0.675. The number of pyridine rings is 1. The average molecular weight is 399 g/mol. The second-order valence-electron chi connectivity index (χ2n) is 7.25. The number of imide groups is 1. The van der Waals surface area contributed by atoms with Gasteiger partial charge in [-0.2, -0.15) is 0 Å². The smallest absolute Gasteiger partial charge is 0.255 e. The molecule has 2 aliphatic rings. The van der Waals surface area contributed by atoms with E-state index in [2.05, 4.69) is 20.3 Å². The minimum absolute atomic E-state index is 0.200. The van der Waals surface area contributed by atoms with Crippen LogP contribution < -0.4 is 5.32 Å². The predicted octanol–water partition coefficient (Wildman–Crippen LogP) is 1.97. The van der Waals surface area contributed by atoms with Crippen LogP contribution in [0.4, 0.5) is 0 Å². The molecule has 1 atom stereocenters. The van der Waals surface area contributed by atoms with Gasteiger partial charge in [-0.25, -0.2) is 9.97 Å². The Morgan fingerprint density at radius 2 is 1.87 bits per heavy atom. The van der Waals surface area contributed by atoms with Crippen LogP contribution in [-0.4, -0.2) is 43.6 Å². The number of amides is 3. The van der Waals surface area contributed by atoms with Crippen LogP contribution in [-0.2, 0) is 16.1 Å². The van der Waals surface area contributed by atoms with Gasteiger partial charge in [0.25, 0.3) is 5.91 Å². The molecule has 1 N–H and O–H groups in total. The van der Waals surface area contributed by atoms with Crippen LogP contribution in [0.3, 0.4) is 0 Å². The lowest BCUT2D eigenvalue weighted by Gasteiger charge is -2.29. The fourth-order valence-electron chi connectivity index (χ4n) is 3.87. The molecule has 2 aliphatic heterocycles. The van der Waals surface area contributed by atoms with Gasteiger partial charge in [0.15, 0.2) is 5.82 Å². The third-order valence-electron chi connectivity index (χ3n) is 5.36. The van der Waals surface area contributed by atoms with Crippen molar-refractivity contribution in [1.29, 1.82) is 0 Å². The number of rotatable bonds is 3. The highest BCUT2D eigenvalue weighted by Gasteiger charge is 2.39. The molecule has 0 saturated carbocycles. The highest BCUT2D eigenvalue weighted by atomic mass is 16.2. The van der Waals surface area contributed by atoms with E-state index >= 15 is 0 Å². The number of piperidine rings is 1. The topological polar surface area (TPSA) is 105 Å². The first-order chi connectivity index (χ1) is 14.6. The van der Waals surface area contributed by atoms with Crippen molar-refractivity contribution in [1.82, 2.24) is 25.2 Å². The summed E-state index contributed by atoms with van der Waals surface area (Å²) in [5, 5.41) is 2.31. The molecular weight excluding hydrogens is 382 g/mol. The maximum absolute atomic E-state index is 12.8. The summed E-state index contributed by atoms with van der Waals surface area (Å²) < 4.78 is 0. The van der Waals surface area contributed by atoms with Crippen molar-refractivity contribution in [3.8, 4) is 22.8 Å². The number of hydrogen-bond acceptors (Lipinski definition) is 6. The molecule has 0 radical (unpaired) electrons. The van der Waals surface area contributed by atoms with Crippen molar-refractivity contribution >= 4 is 17.7 Å². The van der Waals surface area contributed by atoms with Gasteiger partial charge in [0.1, 0.15) is 6.04 Å². The molecule has 2 aromatic heterocycles. The summed E-state index contributed by atoms with van der Waals surface area (Å²) in [5.74, 6) is -0.381. The number of carbonyl (C=O) groups excluding carboxylic acids is 3. The first kappa shape index (κ1) is 18.1. The van der Waals surface area contributed by atoms with Gasteiger partial charge < -0.3 is 4.90 Å². The molecule has 0 aliphatic carbocycles. The normalized spacial score (nSPS) is 18.3. The number of nitrogens with one attached hydrogen (secondary N) is 1. The van der Waals surface area contributed by atoms with E-state index in [1.54, 1.807) is 24.5 Å². The molecule has 3 amide bonds. The highest BCUT2D eigenvalue weighted by molar-refractivity contribution is 6.05. The Morgan fingerprint density at radius 1 is 0.967 bits per heavy atom. The molecule has 3 aromatic rings. The molecule has 148 valence electrons. The van der Waals surface area contributed by atoms with Gasteiger partial charge in [0, 0.05) is 36.5 Å². The van der Waals surface area contributed by atoms with Crippen LogP contribution in [0.1, 0.15) is 28.8 Å². The molecule has 0 spiro atoms. The van der Waals surface area contributed by atoms with Crippen LogP contribution in [0.5, 0.6) is 0 Å². The maximum atomic E-state index is 12.8. The molecule has 1 unspecified atom stereocenters. The number of benzene rings is 1. The number of fused-ring (bicyclic) bond motifs is 1. The highest BCUT2D eigenvalue weighted by Crippen LogP contribution is 2.30. The van der Waals surface area contributed by atoms with Crippen LogP contribution in [0, 0.1) is 0 Å². The van der Waals surface area contributed by atoms with Crippen LogP contribution in [0.25, 0.3) is 22.8 Å². The molecule has 30 heavy (non-hydrogen) atoms. The van der Waals surface area contributed by atoms with Crippen molar-refractivity contribution in [3.63, 3.8) is 0 Å². The summed E-state index contributed by atoms with van der Waals surface area (Å²) in [6.07, 6.45) is 3.96. The van der Waals surface area contributed by atoms with Gasteiger partial charge >= 0.3 is 0 Å². The minimum Gasteiger partial charge on any atom is -0.322 e. The first-order valence-corrected chi connectivity index (χ1v) is 9.62. The van der Waals surface area contributed by atoms with E-state index in [4.69, 9.17) is 0 Å². The summed E-state index contributed by atoms with van der Waals surface area (Å²) in [7, 11) is 0. The summed E-state index contributed by atoms with van der Waals surface area (Å²) >= 11 is 0. The van der Waals surface area contributed by atoms with E-state index in [1.807, 2.05) is 30.3 Å². The standard InChI is InChI=1S/C22H17N5O3/c28-19-7-6-18(21(29)26-19)27-12-14-11-13(4-5-15(14)22(27)30)20-24-10-8-17(25-20)16-3-1-2-9-23-16/h1-5,8-11,18H,6-7,12H2,(H,26,28,29). The zero-order valence-corrected chi connectivity index (χ0v) is 15.9. The van der Waals surface area contributed by atoms with Gasteiger partial charge in [-0.15, -0.1) is 0 Å². The lowest BCUT2D eigenvalue weighted by atomic mass is 10.0. The zero-order chi connectivity index (χ0) is 20.7. The molecule has 1 aromatic carbocycles. The van der Waals surface area contributed by atoms with E-state index in [0.717, 1.165) is 16.8 Å². The predicted molar refractivity (Wildman–Crippen MR) is 107 cm³/mol. The molecule has 8 heteroatoms. The lowest BCUT2D eigenvalue weighted by molar-refractivity contribution is -0.136. The van der Waals surface area contributed by atoms with E-state index in [9.17, 15) is 14.4 Å². The van der Waals surface area contributed by atoms with Crippen molar-refractivity contribution < 1.29 is 14.4 Å². The van der Waals surface area contributed by atoms with E-state index < -0.39 is 11.9 Å². The van der Waals surface area contributed by atoms with E-state index in [0.29, 0.717) is 30.0 Å². The molecule has 4 heterocycles. The van der Waals surface area contributed by atoms with Crippen molar-refractivity contribution in [2.24, 2.45) is 0 Å². The third-order valence-corrected chi connectivity index (χ3v) is 5.36. The Kier molecular flexibility index (Phi) is 4.31. The fourth-order valence-corrected chi connectivity index (χ4v) is 3.87. The Hall–Kier alpha value is -3.94. The molecular formula is C22H17N5O3. The van der Waals surface area contributed by atoms with Gasteiger partial charge in [-0.3, -0.25) is 24.7 Å². The number of aromatic nitrogens is 3. The fraction of sp³-hybridized carbons (Fsp3) is 0.182. The minimum atomic E-state index is -0.630. The van der Waals surface area contributed by atoms with E-state index in [-0.39, 0.29) is 18.2 Å². The van der Waals surface area contributed by atoms with Gasteiger partial charge in [0.2, 0.25) is 11.8 Å². The molecule has 0 bridgehead atoms. The number of hydrogen-bond donors (Lipinski definition) is 1. The summed E-state index contributed by atoms with van der Waals surface area (Å²) in [6, 6.07) is 12.2. The van der Waals surface area contributed by atoms with Crippen LogP contribution in [0.2, 0.25) is 0 Å². The van der Waals surface area contributed by atoms with Gasteiger partial charge in [-0.1, -0.05) is 12.1 Å². The van der Waals surface area contributed by atoms with Crippen molar-refractivity contribution in [2.75, 3.05) is 0 Å². The molecule has 8 nitrogen and oxygen atoms in total. The lowest BCUT2D eigenvalue weighted by Crippen LogP contribution is -2.52. The molecule has 1 saturated heterocycles. The van der Waals surface area contributed by atoms with E-state index in [1.165, 1.54) is 4.90 Å². The van der Waals surface area contributed by atoms with Crippen LogP contribution in [0.15, 0.2) is 54.9 Å². The molecule has 1 fully saturated rings. The number of carbonyl (C=O) groups is 3. The Bertz CT molecular complexity index is 1180. The third kappa shape index (κ3) is 3.12. The maximum Gasteiger partial charge on any atom is 0.255 e. The summed E-state index contributed by atoms with van der Waals surface area (Å²) in [5.41, 5.74) is 3.62. The Labute approximate surface area is 172 Å². The molecule has 5 rings (SSSR count). The van der Waals surface area contributed by atoms with Crippen LogP contribution >= 0.6 is 0 Å². The summed E-state index contributed by atoms with van der Waals surface area (Å²) in [4.78, 5) is 51.3. The van der Waals surface area contributed by atoms with Crippen molar-refractivity contribution in [2.45, 2.75) is 25.4 Å². The SMILES string of the molecule is O=C1CCC(N2Cc3cc(-c4nccc(-c5ccccn5)n4)ccc3C2=O)C(=O)N1. The largest absolute Gasteiger partial charge is 0.322 e. The second-order valence-corrected chi connectivity index (χ2v) is 7.25. The van der Waals surface area contributed by atoms with Crippen molar-refractivity contribution in [3.05, 3.63) is 66.0 Å². The Morgan fingerprint density at radius 3 is 2.67 bits per heavy atom. The second kappa shape index (κ2) is 7.14. The monoisotopic (exact) mass is 399 g/mol. The summed E-state index contributed by atoms with van der Waals surface area (Å²) in [6.45, 7) is 0.314. The number of nitrogens with zero attached hydrogens (tertiary/aromatic N) is 4. The Balaban J connectivity index is 1.44. The zero-order valence-electron chi connectivity index (χ0n) is 15.9. The average Bonchev–Trinajstić information content (AvgIpc) is 3.10. The first-order valence-electron chi connectivity index (χ1n) is 9.62. The van der Waals surface area contributed by atoms with Gasteiger partial charge in [-0.05, 0) is 42.3 Å². The van der Waals surface area contributed by atoms with Gasteiger partial charge in [0.05, 0.1) is 11.4 Å².